The summed E-state index contributed by atoms with van der Waals surface area (Å²) in [5.41, 5.74) is 2.23. The Morgan fingerprint density at radius 1 is 1.28 bits per heavy atom. The van der Waals surface area contributed by atoms with Crippen LogP contribution >= 0.6 is 11.3 Å². The van der Waals surface area contributed by atoms with Gasteiger partial charge in [-0.3, -0.25) is 4.79 Å². The SMILES string of the molecule is Cc1cc(F)cc(-c2nc3c(s2)CCCC3=O)c1. The number of hydrogen-bond acceptors (Lipinski definition) is 3. The zero-order valence-electron chi connectivity index (χ0n) is 10.00. The fourth-order valence-corrected chi connectivity index (χ4v) is 3.36. The molecular weight excluding hydrogens is 249 g/mol. The minimum absolute atomic E-state index is 0.117. The maximum absolute atomic E-state index is 13.4. The third-order valence-electron chi connectivity index (χ3n) is 3.06. The maximum Gasteiger partial charge on any atom is 0.182 e. The second kappa shape index (κ2) is 4.28. The van der Waals surface area contributed by atoms with Crippen molar-refractivity contribution in [2.75, 3.05) is 0 Å². The Balaban J connectivity index is 2.10. The molecule has 0 aliphatic heterocycles. The number of fused-ring (bicyclic) bond motifs is 1. The molecular formula is C14H12FNOS. The van der Waals surface area contributed by atoms with Gasteiger partial charge in [0.1, 0.15) is 16.5 Å². The molecule has 0 bridgehead atoms. The number of ketones is 1. The van der Waals surface area contributed by atoms with Crippen LogP contribution in [0.2, 0.25) is 0 Å². The first-order valence-corrected chi connectivity index (χ1v) is 6.75. The number of hydrogen-bond donors (Lipinski definition) is 0. The van der Waals surface area contributed by atoms with Crippen LogP contribution < -0.4 is 0 Å². The first-order chi connectivity index (χ1) is 8.63. The number of halogens is 1. The van der Waals surface area contributed by atoms with E-state index in [1.54, 1.807) is 0 Å². The van der Waals surface area contributed by atoms with Gasteiger partial charge < -0.3 is 0 Å². The van der Waals surface area contributed by atoms with E-state index >= 15 is 0 Å². The lowest BCUT2D eigenvalue weighted by Crippen LogP contribution is -2.08. The molecule has 0 fully saturated rings. The minimum atomic E-state index is -0.260. The van der Waals surface area contributed by atoms with Crippen molar-refractivity contribution in [1.82, 2.24) is 4.98 Å². The van der Waals surface area contributed by atoms with Crippen LogP contribution in [0.4, 0.5) is 4.39 Å². The second-order valence-electron chi connectivity index (χ2n) is 4.58. The number of carbonyl (C=O) groups excluding carboxylic acids is 1. The van der Waals surface area contributed by atoms with Gasteiger partial charge in [-0.2, -0.15) is 0 Å². The molecule has 1 aromatic heterocycles. The molecule has 1 heterocycles. The third kappa shape index (κ3) is 1.97. The summed E-state index contributed by atoms with van der Waals surface area (Å²) in [5, 5.41) is 0.748. The van der Waals surface area contributed by atoms with Gasteiger partial charge in [0.25, 0.3) is 0 Å². The highest BCUT2D eigenvalue weighted by molar-refractivity contribution is 7.15. The van der Waals surface area contributed by atoms with E-state index in [-0.39, 0.29) is 11.6 Å². The monoisotopic (exact) mass is 261 g/mol. The van der Waals surface area contributed by atoms with Crippen molar-refractivity contribution in [2.24, 2.45) is 0 Å². The summed E-state index contributed by atoms with van der Waals surface area (Å²) in [4.78, 5) is 17.2. The molecule has 3 rings (SSSR count). The summed E-state index contributed by atoms with van der Waals surface area (Å²) in [6.45, 7) is 1.85. The molecule has 0 N–H and O–H groups in total. The second-order valence-corrected chi connectivity index (χ2v) is 5.67. The van der Waals surface area contributed by atoms with E-state index in [0.29, 0.717) is 12.1 Å². The largest absolute Gasteiger partial charge is 0.292 e. The summed E-state index contributed by atoms with van der Waals surface area (Å²) < 4.78 is 13.4. The Hall–Kier alpha value is -1.55. The highest BCUT2D eigenvalue weighted by atomic mass is 32.1. The maximum atomic E-state index is 13.4. The smallest absolute Gasteiger partial charge is 0.182 e. The number of Topliss-reactive ketones (excluding diaryl/α,β-unsaturated/α-hetero) is 1. The van der Waals surface area contributed by atoms with E-state index in [4.69, 9.17) is 0 Å². The van der Waals surface area contributed by atoms with E-state index in [1.165, 1.54) is 23.5 Å². The van der Waals surface area contributed by atoms with Crippen molar-refractivity contribution in [2.45, 2.75) is 26.2 Å². The minimum Gasteiger partial charge on any atom is -0.292 e. The van der Waals surface area contributed by atoms with E-state index in [0.717, 1.165) is 33.9 Å². The molecule has 0 saturated heterocycles. The lowest BCUT2D eigenvalue weighted by Gasteiger charge is -2.06. The number of aromatic nitrogens is 1. The van der Waals surface area contributed by atoms with Gasteiger partial charge in [0, 0.05) is 16.9 Å². The van der Waals surface area contributed by atoms with Crippen LogP contribution in [0, 0.1) is 12.7 Å². The number of benzene rings is 1. The highest BCUT2D eigenvalue weighted by Crippen LogP contribution is 2.33. The van der Waals surface area contributed by atoms with Crippen molar-refractivity contribution in [3.63, 3.8) is 0 Å². The zero-order chi connectivity index (χ0) is 12.7. The predicted octanol–water partition coefficient (Wildman–Crippen LogP) is 3.78. The van der Waals surface area contributed by atoms with Gasteiger partial charge in [-0.05, 0) is 43.5 Å². The molecule has 1 aliphatic carbocycles. The van der Waals surface area contributed by atoms with Gasteiger partial charge in [0.05, 0.1) is 0 Å². The van der Waals surface area contributed by atoms with Gasteiger partial charge in [0.2, 0.25) is 0 Å². The van der Waals surface area contributed by atoms with Crippen molar-refractivity contribution in [3.05, 3.63) is 40.2 Å². The molecule has 18 heavy (non-hydrogen) atoms. The molecule has 2 aromatic rings. The highest BCUT2D eigenvalue weighted by Gasteiger charge is 2.22. The molecule has 1 aromatic carbocycles. The standard InChI is InChI=1S/C14H12FNOS/c1-8-5-9(7-10(15)6-8)14-16-13-11(17)3-2-4-12(13)18-14/h5-7H,2-4H2,1H3. The third-order valence-corrected chi connectivity index (χ3v) is 4.22. The van der Waals surface area contributed by atoms with E-state index in [2.05, 4.69) is 4.98 Å². The van der Waals surface area contributed by atoms with Gasteiger partial charge >= 0.3 is 0 Å². The van der Waals surface area contributed by atoms with Crippen molar-refractivity contribution in [1.29, 1.82) is 0 Å². The number of aryl methyl sites for hydroxylation is 2. The molecule has 1 aliphatic rings. The van der Waals surface area contributed by atoms with Gasteiger partial charge in [0.15, 0.2) is 5.78 Å². The fourth-order valence-electron chi connectivity index (χ4n) is 2.25. The lowest BCUT2D eigenvalue weighted by molar-refractivity contribution is 0.0968. The average molecular weight is 261 g/mol. The summed E-state index contributed by atoms with van der Waals surface area (Å²) in [6, 6.07) is 4.86. The molecule has 4 heteroatoms. The summed E-state index contributed by atoms with van der Waals surface area (Å²) in [6.07, 6.45) is 2.39. The van der Waals surface area contributed by atoms with Crippen LogP contribution in [0.5, 0.6) is 0 Å². The van der Waals surface area contributed by atoms with Crippen LogP contribution in [0.25, 0.3) is 10.6 Å². The lowest BCUT2D eigenvalue weighted by atomic mass is 10.0. The van der Waals surface area contributed by atoms with Crippen LogP contribution in [-0.4, -0.2) is 10.8 Å². The summed E-state index contributed by atoms with van der Waals surface area (Å²) >= 11 is 1.51. The first-order valence-electron chi connectivity index (χ1n) is 5.94. The molecule has 0 radical (unpaired) electrons. The van der Waals surface area contributed by atoms with Gasteiger partial charge in [-0.1, -0.05) is 0 Å². The average Bonchev–Trinajstić information content (AvgIpc) is 2.73. The summed E-state index contributed by atoms with van der Waals surface area (Å²) in [5.74, 6) is -0.142. The zero-order valence-corrected chi connectivity index (χ0v) is 10.8. The molecule has 2 nitrogen and oxygen atoms in total. The van der Waals surface area contributed by atoms with Crippen LogP contribution in [0.15, 0.2) is 18.2 Å². The van der Waals surface area contributed by atoms with Crippen molar-refractivity contribution in [3.8, 4) is 10.6 Å². The van der Waals surface area contributed by atoms with E-state index in [9.17, 15) is 9.18 Å². The number of nitrogens with zero attached hydrogens (tertiary/aromatic N) is 1. The summed E-state index contributed by atoms with van der Waals surface area (Å²) in [7, 11) is 0. The Morgan fingerprint density at radius 2 is 2.11 bits per heavy atom. The first kappa shape index (κ1) is 11.5. The van der Waals surface area contributed by atoms with Crippen molar-refractivity contribution >= 4 is 17.1 Å². The molecule has 0 unspecified atom stereocenters. The predicted molar refractivity (Wildman–Crippen MR) is 69.5 cm³/mol. The normalized spacial score (nSPS) is 14.7. The Kier molecular flexibility index (Phi) is 2.74. The van der Waals surface area contributed by atoms with Crippen LogP contribution in [0.1, 0.15) is 33.8 Å². The van der Waals surface area contributed by atoms with Gasteiger partial charge in [-0.25, -0.2) is 9.37 Å². The topological polar surface area (TPSA) is 30.0 Å². The van der Waals surface area contributed by atoms with Crippen molar-refractivity contribution < 1.29 is 9.18 Å². The Bertz CT molecular complexity index is 612. The molecule has 0 saturated carbocycles. The quantitative estimate of drug-likeness (QED) is 0.782. The van der Waals surface area contributed by atoms with Gasteiger partial charge in [-0.15, -0.1) is 11.3 Å². The molecule has 0 spiro atoms. The van der Waals surface area contributed by atoms with Crippen LogP contribution in [0.3, 0.4) is 0 Å². The Morgan fingerprint density at radius 3 is 2.83 bits per heavy atom. The molecule has 0 amide bonds. The van der Waals surface area contributed by atoms with E-state index < -0.39 is 0 Å². The number of thiazole rings is 1. The number of carbonyl (C=O) groups is 1. The fraction of sp³-hybridized carbons (Fsp3) is 0.286. The number of rotatable bonds is 1. The van der Waals surface area contributed by atoms with E-state index in [1.807, 2.05) is 13.0 Å². The molecule has 0 atom stereocenters. The van der Waals surface area contributed by atoms with Crippen LogP contribution in [-0.2, 0) is 6.42 Å². The Labute approximate surface area is 108 Å². The molecule has 92 valence electrons.